The standard InChI is InChI=1S/C10H11F/c1-7-5-6-9-8(7)3-2-4-10(9)11/h2-4,7H,5-6H2,1H3. The van der Waals surface area contributed by atoms with E-state index in [1.165, 1.54) is 5.56 Å². The van der Waals surface area contributed by atoms with E-state index >= 15 is 0 Å². The SMILES string of the molecule is CC1CCc2c(F)cccc21. The van der Waals surface area contributed by atoms with Crippen LogP contribution in [0.4, 0.5) is 4.39 Å². The van der Waals surface area contributed by atoms with Gasteiger partial charge in [-0.3, -0.25) is 0 Å². The summed E-state index contributed by atoms with van der Waals surface area (Å²) in [5, 5.41) is 0. The minimum absolute atomic E-state index is 0.0214. The molecule has 1 heteroatoms. The van der Waals surface area contributed by atoms with E-state index in [-0.39, 0.29) is 5.82 Å². The molecule has 0 fully saturated rings. The summed E-state index contributed by atoms with van der Waals surface area (Å²) in [4.78, 5) is 0. The van der Waals surface area contributed by atoms with Crippen LogP contribution in [0, 0.1) is 5.82 Å². The van der Waals surface area contributed by atoms with Crippen LogP contribution in [0.2, 0.25) is 0 Å². The molecule has 1 atom stereocenters. The molecule has 0 heterocycles. The van der Waals surface area contributed by atoms with Gasteiger partial charge >= 0.3 is 0 Å². The second kappa shape index (κ2) is 2.33. The molecule has 0 aliphatic heterocycles. The lowest BCUT2D eigenvalue weighted by Crippen LogP contribution is -1.88. The second-order valence-corrected chi connectivity index (χ2v) is 3.25. The van der Waals surface area contributed by atoms with Crippen molar-refractivity contribution >= 4 is 0 Å². The molecule has 0 saturated carbocycles. The van der Waals surface area contributed by atoms with Crippen LogP contribution in [0.5, 0.6) is 0 Å². The molecule has 0 aromatic heterocycles. The minimum Gasteiger partial charge on any atom is -0.207 e. The van der Waals surface area contributed by atoms with Gasteiger partial charge in [-0.25, -0.2) is 4.39 Å². The van der Waals surface area contributed by atoms with Crippen LogP contribution in [0.3, 0.4) is 0 Å². The topological polar surface area (TPSA) is 0 Å². The highest BCUT2D eigenvalue weighted by Gasteiger charge is 2.20. The summed E-state index contributed by atoms with van der Waals surface area (Å²) >= 11 is 0. The average molecular weight is 150 g/mol. The summed E-state index contributed by atoms with van der Waals surface area (Å²) in [6.45, 7) is 2.16. The van der Waals surface area contributed by atoms with Crippen molar-refractivity contribution in [3.63, 3.8) is 0 Å². The van der Waals surface area contributed by atoms with Gasteiger partial charge in [0.1, 0.15) is 5.82 Å². The first-order chi connectivity index (χ1) is 5.29. The molecular weight excluding hydrogens is 139 g/mol. The molecule has 2 rings (SSSR count). The third kappa shape index (κ3) is 0.953. The molecule has 0 nitrogen and oxygen atoms in total. The first kappa shape index (κ1) is 6.84. The molecule has 0 amide bonds. The van der Waals surface area contributed by atoms with E-state index in [9.17, 15) is 4.39 Å². The van der Waals surface area contributed by atoms with Crippen molar-refractivity contribution in [2.45, 2.75) is 25.7 Å². The average Bonchev–Trinajstić information content (AvgIpc) is 2.35. The summed E-state index contributed by atoms with van der Waals surface area (Å²) in [6.07, 6.45) is 2.03. The second-order valence-electron chi connectivity index (χ2n) is 3.25. The first-order valence-corrected chi connectivity index (χ1v) is 4.06. The van der Waals surface area contributed by atoms with Crippen molar-refractivity contribution < 1.29 is 4.39 Å². The molecule has 0 N–H and O–H groups in total. The molecule has 0 saturated heterocycles. The highest BCUT2D eigenvalue weighted by molar-refractivity contribution is 5.35. The van der Waals surface area contributed by atoms with E-state index in [1.54, 1.807) is 12.1 Å². The fourth-order valence-electron chi connectivity index (χ4n) is 1.82. The molecule has 58 valence electrons. The Balaban J connectivity index is 2.57. The summed E-state index contributed by atoms with van der Waals surface area (Å²) < 4.78 is 13.1. The van der Waals surface area contributed by atoms with E-state index in [2.05, 4.69) is 6.92 Å². The van der Waals surface area contributed by atoms with Crippen LogP contribution in [-0.2, 0) is 6.42 Å². The predicted molar refractivity (Wildman–Crippen MR) is 43.1 cm³/mol. The van der Waals surface area contributed by atoms with Crippen molar-refractivity contribution in [2.75, 3.05) is 0 Å². The normalized spacial score (nSPS) is 21.8. The number of hydrogen-bond acceptors (Lipinski definition) is 0. The highest BCUT2D eigenvalue weighted by Crippen LogP contribution is 2.33. The molecule has 1 aromatic rings. The third-order valence-electron chi connectivity index (χ3n) is 2.51. The van der Waals surface area contributed by atoms with Crippen LogP contribution in [-0.4, -0.2) is 0 Å². The Morgan fingerprint density at radius 3 is 3.00 bits per heavy atom. The Kier molecular flexibility index (Phi) is 1.45. The summed E-state index contributed by atoms with van der Waals surface area (Å²) in [6, 6.07) is 5.39. The summed E-state index contributed by atoms with van der Waals surface area (Å²) in [7, 11) is 0. The van der Waals surface area contributed by atoms with E-state index in [0.29, 0.717) is 5.92 Å². The predicted octanol–water partition coefficient (Wildman–Crippen LogP) is 2.88. The molecular formula is C10H11F. The van der Waals surface area contributed by atoms with Crippen LogP contribution >= 0.6 is 0 Å². The van der Waals surface area contributed by atoms with Crippen LogP contribution in [0.1, 0.15) is 30.4 Å². The number of hydrogen-bond donors (Lipinski definition) is 0. The number of rotatable bonds is 0. The first-order valence-electron chi connectivity index (χ1n) is 4.06. The van der Waals surface area contributed by atoms with E-state index in [1.807, 2.05) is 6.07 Å². The van der Waals surface area contributed by atoms with Crippen LogP contribution in [0.15, 0.2) is 18.2 Å². The van der Waals surface area contributed by atoms with Crippen molar-refractivity contribution in [1.82, 2.24) is 0 Å². The van der Waals surface area contributed by atoms with Crippen molar-refractivity contribution in [2.24, 2.45) is 0 Å². The van der Waals surface area contributed by atoms with E-state index in [4.69, 9.17) is 0 Å². The highest BCUT2D eigenvalue weighted by atomic mass is 19.1. The van der Waals surface area contributed by atoms with Gasteiger partial charge in [-0.2, -0.15) is 0 Å². The molecule has 1 aliphatic rings. The van der Waals surface area contributed by atoms with Gasteiger partial charge in [-0.1, -0.05) is 19.1 Å². The van der Waals surface area contributed by atoms with E-state index < -0.39 is 0 Å². The lowest BCUT2D eigenvalue weighted by atomic mass is 10.0. The van der Waals surface area contributed by atoms with Crippen molar-refractivity contribution in [1.29, 1.82) is 0 Å². The van der Waals surface area contributed by atoms with Crippen molar-refractivity contribution in [3.05, 3.63) is 35.1 Å². The summed E-state index contributed by atoms with van der Waals surface area (Å²) in [5.41, 5.74) is 2.16. The molecule has 0 spiro atoms. The maximum atomic E-state index is 13.1. The van der Waals surface area contributed by atoms with Crippen LogP contribution in [0.25, 0.3) is 0 Å². The number of halogens is 1. The third-order valence-corrected chi connectivity index (χ3v) is 2.51. The van der Waals surface area contributed by atoms with Gasteiger partial charge in [0, 0.05) is 0 Å². The number of benzene rings is 1. The molecule has 0 bridgehead atoms. The molecule has 1 aliphatic carbocycles. The van der Waals surface area contributed by atoms with Gasteiger partial charge in [0.2, 0.25) is 0 Å². The molecule has 0 radical (unpaired) electrons. The maximum Gasteiger partial charge on any atom is 0.126 e. The molecule has 1 unspecified atom stereocenters. The van der Waals surface area contributed by atoms with Crippen LogP contribution < -0.4 is 0 Å². The Morgan fingerprint density at radius 2 is 2.27 bits per heavy atom. The van der Waals surface area contributed by atoms with Gasteiger partial charge in [0.05, 0.1) is 0 Å². The Labute approximate surface area is 66.1 Å². The molecule has 11 heavy (non-hydrogen) atoms. The lowest BCUT2D eigenvalue weighted by Gasteiger charge is -2.02. The van der Waals surface area contributed by atoms with Gasteiger partial charge < -0.3 is 0 Å². The lowest BCUT2D eigenvalue weighted by molar-refractivity contribution is 0.612. The zero-order valence-electron chi connectivity index (χ0n) is 6.60. The quantitative estimate of drug-likeness (QED) is 0.533. The monoisotopic (exact) mass is 150 g/mol. The fourth-order valence-corrected chi connectivity index (χ4v) is 1.82. The van der Waals surface area contributed by atoms with Gasteiger partial charge in [-0.15, -0.1) is 0 Å². The maximum absolute atomic E-state index is 13.1. The minimum atomic E-state index is -0.0214. The molecule has 1 aromatic carbocycles. The van der Waals surface area contributed by atoms with Crippen molar-refractivity contribution in [3.8, 4) is 0 Å². The Hall–Kier alpha value is -0.850. The largest absolute Gasteiger partial charge is 0.207 e. The smallest absolute Gasteiger partial charge is 0.126 e. The number of fused-ring (bicyclic) bond motifs is 1. The van der Waals surface area contributed by atoms with E-state index in [0.717, 1.165) is 18.4 Å². The van der Waals surface area contributed by atoms with Gasteiger partial charge in [-0.05, 0) is 36.0 Å². The Bertz CT molecular complexity index is 278. The van der Waals surface area contributed by atoms with Gasteiger partial charge in [0.25, 0.3) is 0 Å². The van der Waals surface area contributed by atoms with Gasteiger partial charge in [0.15, 0.2) is 0 Å². The summed E-state index contributed by atoms with van der Waals surface area (Å²) in [5.74, 6) is 0.535. The zero-order chi connectivity index (χ0) is 7.84. The Morgan fingerprint density at radius 1 is 1.45 bits per heavy atom. The fraction of sp³-hybridized carbons (Fsp3) is 0.400. The zero-order valence-corrected chi connectivity index (χ0v) is 6.60.